The Balaban J connectivity index is 1.77. The Kier molecular flexibility index (Phi) is 3.45. The molecule has 130 valence electrons. The van der Waals surface area contributed by atoms with Gasteiger partial charge in [-0.15, -0.1) is 0 Å². The van der Waals surface area contributed by atoms with Gasteiger partial charge in [-0.1, -0.05) is 6.07 Å². The minimum Gasteiger partial charge on any atom is -0.493 e. The molecule has 0 spiro atoms. The molecule has 2 heterocycles. The van der Waals surface area contributed by atoms with Crippen LogP contribution in [0.5, 0.6) is 5.88 Å². The summed E-state index contributed by atoms with van der Waals surface area (Å²) in [6.07, 6.45) is -1.29. The van der Waals surface area contributed by atoms with Crippen LogP contribution in [0.4, 0.5) is 17.6 Å². The van der Waals surface area contributed by atoms with E-state index in [0.29, 0.717) is 22.5 Å². The molecule has 0 aliphatic heterocycles. The Morgan fingerprint density at radius 1 is 1.20 bits per heavy atom. The second-order valence-corrected chi connectivity index (χ2v) is 6.16. The summed E-state index contributed by atoms with van der Waals surface area (Å²) in [5, 5.41) is 14.5. The van der Waals surface area contributed by atoms with Crippen molar-refractivity contribution in [1.29, 1.82) is 0 Å². The highest BCUT2D eigenvalue weighted by Crippen LogP contribution is 2.43. The molecule has 2 aromatic heterocycles. The number of halogens is 4. The van der Waals surface area contributed by atoms with Gasteiger partial charge in [0.15, 0.2) is 5.65 Å². The van der Waals surface area contributed by atoms with Crippen LogP contribution in [0.15, 0.2) is 30.5 Å². The van der Waals surface area contributed by atoms with Crippen LogP contribution in [-0.4, -0.2) is 19.7 Å². The lowest BCUT2D eigenvalue weighted by atomic mass is 10.0. The average molecular weight is 351 g/mol. The van der Waals surface area contributed by atoms with Crippen LogP contribution in [-0.2, 0) is 12.6 Å². The Morgan fingerprint density at radius 2 is 1.96 bits per heavy atom. The fraction of sp³-hybridized carbons (Fsp3) is 0.294. The van der Waals surface area contributed by atoms with E-state index in [4.69, 9.17) is 0 Å². The maximum Gasteiger partial charge on any atom is 0.419 e. The molecule has 1 aliphatic carbocycles. The minimum absolute atomic E-state index is 0.0789. The van der Waals surface area contributed by atoms with Gasteiger partial charge in [0.1, 0.15) is 5.82 Å². The summed E-state index contributed by atoms with van der Waals surface area (Å²) in [5.74, 6) is -1.23. The van der Waals surface area contributed by atoms with Crippen molar-refractivity contribution >= 4 is 5.65 Å². The fourth-order valence-electron chi connectivity index (χ4n) is 2.94. The lowest BCUT2D eigenvalue weighted by Crippen LogP contribution is -2.09. The van der Waals surface area contributed by atoms with Crippen molar-refractivity contribution in [3.63, 3.8) is 0 Å². The van der Waals surface area contributed by atoms with Crippen molar-refractivity contribution < 1.29 is 22.7 Å². The van der Waals surface area contributed by atoms with Gasteiger partial charge in [-0.25, -0.2) is 9.37 Å². The van der Waals surface area contributed by atoms with Gasteiger partial charge in [-0.05, 0) is 30.5 Å². The predicted octanol–water partition coefficient (Wildman–Crippen LogP) is 4.06. The Labute approximate surface area is 139 Å². The standard InChI is InChI=1S/C17H13F4N3O/c18-13-8-9(1-4-12(13)17(19,20)21)7-11-15(10-2-3-10)23-14-5-6-22-24(14)16(11)25/h1,4-6,8,10,25H,2-3,7H2. The molecule has 0 bridgehead atoms. The number of rotatable bonds is 3. The molecule has 0 atom stereocenters. The van der Waals surface area contributed by atoms with Crippen molar-refractivity contribution in [1.82, 2.24) is 14.6 Å². The first-order valence-corrected chi connectivity index (χ1v) is 7.75. The average Bonchev–Trinajstić information content (AvgIpc) is 3.26. The smallest absolute Gasteiger partial charge is 0.419 e. The van der Waals surface area contributed by atoms with Crippen LogP contribution in [0.3, 0.4) is 0 Å². The summed E-state index contributed by atoms with van der Waals surface area (Å²) in [7, 11) is 0. The summed E-state index contributed by atoms with van der Waals surface area (Å²) < 4.78 is 53.1. The lowest BCUT2D eigenvalue weighted by Gasteiger charge is -2.13. The monoisotopic (exact) mass is 351 g/mol. The van der Waals surface area contributed by atoms with Crippen molar-refractivity contribution in [2.45, 2.75) is 31.4 Å². The van der Waals surface area contributed by atoms with E-state index in [1.165, 1.54) is 16.8 Å². The zero-order chi connectivity index (χ0) is 17.8. The van der Waals surface area contributed by atoms with Gasteiger partial charge in [-0.3, -0.25) is 0 Å². The lowest BCUT2D eigenvalue weighted by molar-refractivity contribution is -0.140. The first-order chi connectivity index (χ1) is 11.8. The van der Waals surface area contributed by atoms with Crippen LogP contribution in [0.2, 0.25) is 0 Å². The molecule has 8 heteroatoms. The number of fused-ring (bicyclic) bond motifs is 1. The summed E-state index contributed by atoms with van der Waals surface area (Å²) in [5.41, 5.74) is 0.699. The zero-order valence-corrected chi connectivity index (χ0v) is 12.9. The molecular weight excluding hydrogens is 338 g/mol. The molecule has 0 unspecified atom stereocenters. The second-order valence-electron chi connectivity index (χ2n) is 6.16. The first kappa shape index (κ1) is 15.9. The molecule has 3 aromatic rings. The van der Waals surface area contributed by atoms with E-state index in [1.807, 2.05) is 0 Å². The highest BCUT2D eigenvalue weighted by Gasteiger charge is 2.34. The summed E-state index contributed by atoms with van der Waals surface area (Å²) in [4.78, 5) is 4.50. The molecule has 1 aromatic carbocycles. The predicted molar refractivity (Wildman–Crippen MR) is 80.8 cm³/mol. The maximum absolute atomic E-state index is 13.8. The number of alkyl halides is 3. The van der Waals surface area contributed by atoms with Gasteiger partial charge in [0.2, 0.25) is 5.88 Å². The van der Waals surface area contributed by atoms with Crippen molar-refractivity contribution in [3.8, 4) is 5.88 Å². The minimum atomic E-state index is -4.74. The third kappa shape index (κ3) is 2.81. The van der Waals surface area contributed by atoms with Crippen molar-refractivity contribution in [3.05, 3.63) is 58.7 Å². The number of aromatic hydroxyl groups is 1. The van der Waals surface area contributed by atoms with Gasteiger partial charge in [0, 0.05) is 24.0 Å². The van der Waals surface area contributed by atoms with E-state index in [9.17, 15) is 22.7 Å². The maximum atomic E-state index is 13.8. The first-order valence-electron chi connectivity index (χ1n) is 7.75. The van der Waals surface area contributed by atoms with Crippen LogP contribution >= 0.6 is 0 Å². The Hall–Kier alpha value is -2.64. The highest BCUT2D eigenvalue weighted by atomic mass is 19.4. The second kappa shape index (κ2) is 5.44. The van der Waals surface area contributed by atoms with Crippen LogP contribution in [0, 0.1) is 5.82 Å². The number of aromatic nitrogens is 3. The molecule has 1 fully saturated rings. The molecule has 0 radical (unpaired) electrons. The number of hydrogen-bond donors (Lipinski definition) is 1. The van der Waals surface area contributed by atoms with E-state index < -0.39 is 17.6 Å². The summed E-state index contributed by atoms with van der Waals surface area (Å²) >= 11 is 0. The largest absolute Gasteiger partial charge is 0.493 e. The number of nitrogens with zero attached hydrogens (tertiary/aromatic N) is 3. The number of hydrogen-bond acceptors (Lipinski definition) is 3. The molecule has 4 rings (SSSR count). The van der Waals surface area contributed by atoms with E-state index in [-0.39, 0.29) is 18.2 Å². The molecule has 1 aliphatic rings. The SMILES string of the molecule is Oc1c(Cc2ccc(C(F)(F)F)c(F)c2)c(C2CC2)nc2ccnn12. The van der Waals surface area contributed by atoms with Gasteiger partial charge in [0.25, 0.3) is 0 Å². The third-order valence-electron chi connectivity index (χ3n) is 4.32. The molecule has 4 nitrogen and oxygen atoms in total. The Morgan fingerprint density at radius 3 is 2.60 bits per heavy atom. The van der Waals surface area contributed by atoms with Crippen LogP contribution in [0.25, 0.3) is 5.65 Å². The topological polar surface area (TPSA) is 50.4 Å². The van der Waals surface area contributed by atoms with Crippen molar-refractivity contribution in [2.24, 2.45) is 0 Å². The van der Waals surface area contributed by atoms with E-state index in [1.54, 1.807) is 6.07 Å². The van der Waals surface area contributed by atoms with Gasteiger partial charge in [0.05, 0.1) is 17.5 Å². The van der Waals surface area contributed by atoms with Crippen molar-refractivity contribution in [2.75, 3.05) is 0 Å². The van der Waals surface area contributed by atoms with Gasteiger partial charge in [-0.2, -0.15) is 22.8 Å². The van der Waals surface area contributed by atoms with Crippen LogP contribution in [0.1, 0.15) is 41.1 Å². The number of benzene rings is 1. The van der Waals surface area contributed by atoms with Gasteiger partial charge >= 0.3 is 6.18 Å². The quantitative estimate of drug-likeness (QED) is 0.724. The highest BCUT2D eigenvalue weighted by molar-refractivity contribution is 5.48. The summed E-state index contributed by atoms with van der Waals surface area (Å²) in [6, 6.07) is 4.45. The zero-order valence-electron chi connectivity index (χ0n) is 12.9. The summed E-state index contributed by atoms with van der Waals surface area (Å²) in [6.45, 7) is 0. The molecule has 0 saturated heterocycles. The molecule has 0 amide bonds. The normalized spacial score (nSPS) is 15.0. The van der Waals surface area contributed by atoms with E-state index >= 15 is 0 Å². The molecule has 1 N–H and O–H groups in total. The molecule has 25 heavy (non-hydrogen) atoms. The van der Waals surface area contributed by atoms with Crippen LogP contribution < -0.4 is 0 Å². The fourth-order valence-corrected chi connectivity index (χ4v) is 2.94. The Bertz CT molecular complexity index is 960. The van der Waals surface area contributed by atoms with Gasteiger partial charge < -0.3 is 5.11 Å². The molecule has 1 saturated carbocycles. The third-order valence-corrected chi connectivity index (χ3v) is 4.32. The molecular formula is C17H13F4N3O. The van der Waals surface area contributed by atoms with E-state index in [2.05, 4.69) is 10.1 Å². The van der Waals surface area contributed by atoms with E-state index in [0.717, 1.165) is 25.0 Å².